The van der Waals surface area contributed by atoms with Crippen LogP contribution in [0, 0.1) is 5.92 Å². The first-order valence-corrected chi connectivity index (χ1v) is 11.7. The molecule has 8 heteroatoms. The van der Waals surface area contributed by atoms with Crippen LogP contribution in [0.25, 0.3) is 11.0 Å². The second-order valence-electron chi connectivity index (χ2n) is 8.80. The smallest absolute Gasteiger partial charge is 0.266 e. The number of hydrogen-bond acceptors (Lipinski definition) is 6. The highest BCUT2D eigenvalue weighted by atomic mass is 32.2. The lowest BCUT2D eigenvalue weighted by Gasteiger charge is -2.39. The van der Waals surface area contributed by atoms with Gasteiger partial charge in [-0.25, -0.2) is 4.98 Å². The molecule has 1 amide bonds. The molecule has 0 radical (unpaired) electrons. The number of nitrogens with one attached hydrogen (secondary N) is 2. The molecule has 3 aromatic rings. The topological polar surface area (TPSA) is 98.3 Å². The molecule has 3 N–H and O–H groups in total. The van der Waals surface area contributed by atoms with Gasteiger partial charge in [0.1, 0.15) is 5.52 Å². The number of carbonyl (C=O) groups is 1. The SMILES string of the molecule is CC(C)CC1(O)CCN(C(=O)c2ccc(NSc3cccc4[nH]c(=O)cnc34)cc2)CC1. The fourth-order valence-corrected chi connectivity index (χ4v) is 4.96. The van der Waals surface area contributed by atoms with Crippen molar-refractivity contribution in [3.8, 4) is 0 Å². The maximum Gasteiger partial charge on any atom is 0.266 e. The van der Waals surface area contributed by atoms with Crippen LogP contribution >= 0.6 is 11.9 Å². The lowest BCUT2D eigenvalue weighted by Crippen LogP contribution is -2.47. The molecule has 2 aromatic carbocycles. The van der Waals surface area contributed by atoms with Gasteiger partial charge in [0.05, 0.1) is 22.2 Å². The molecule has 0 unspecified atom stereocenters. The third kappa shape index (κ3) is 5.14. The van der Waals surface area contributed by atoms with Crippen LogP contribution in [0.5, 0.6) is 0 Å². The van der Waals surface area contributed by atoms with Crippen LogP contribution in [0.15, 0.2) is 58.4 Å². The van der Waals surface area contributed by atoms with Crippen LogP contribution in [-0.2, 0) is 0 Å². The normalized spacial score (nSPS) is 15.8. The first-order valence-electron chi connectivity index (χ1n) is 10.9. The average Bonchev–Trinajstić information content (AvgIpc) is 2.77. The molecular weight excluding hydrogens is 424 g/mol. The summed E-state index contributed by atoms with van der Waals surface area (Å²) in [5, 5.41) is 10.7. The van der Waals surface area contributed by atoms with Crippen molar-refractivity contribution in [1.82, 2.24) is 14.9 Å². The summed E-state index contributed by atoms with van der Waals surface area (Å²) < 4.78 is 3.27. The van der Waals surface area contributed by atoms with Crippen LogP contribution in [0.4, 0.5) is 5.69 Å². The second-order valence-corrected chi connectivity index (χ2v) is 9.64. The molecule has 0 saturated carbocycles. The van der Waals surface area contributed by atoms with Crippen molar-refractivity contribution in [2.24, 2.45) is 5.92 Å². The number of carbonyl (C=O) groups excluding carboxylic acids is 1. The van der Waals surface area contributed by atoms with E-state index in [2.05, 4.69) is 28.5 Å². The van der Waals surface area contributed by atoms with Gasteiger partial charge in [-0.05, 0) is 73.5 Å². The third-order valence-corrected chi connectivity index (χ3v) is 6.64. The van der Waals surface area contributed by atoms with Crippen molar-refractivity contribution in [2.75, 3.05) is 17.8 Å². The molecule has 1 aliphatic rings. The molecule has 0 spiro atoms. The summed E-state index contributed by atoms with van der Waals surface area (Å²) in [6, 6.07) is 13.0. The molecule has 168 valence electrons. The number of piperidine rings is 1. The van der Waals surface area contributed by atoms with E-state index in [0.717, 1.165) is 22.5 Å². The monoisotopic (exact) mass is 452 g/mol. The van der Waals surface area contributed by atoms with Crippen molar-refractivity contribution in [2.45, 2.75) is 43.6 Å². The van der Waals surface area contributed by atoms with Crippen molar-refractivity contribution < 1.29 is 9.90 Å². The van der Waals surface area contributed by atoms with Gasteiger partial charge in [0.25, 0.3) is 11.5 Å². The number of H-pyrrole nitrogens is 1. The van der Waals surface area contributed by atoms with E-state index in [-0.39, 0.29) is 11.5 Å². The van der Waals surface area contributed by atoms with Gasteiger partial charge in [-0.2, -0.15) is 0 Å². The molecule has 1 aliphatic heterocycles. The summed E-state index contributed by atoms with van der Waals surface area (Å²) in [6.45, 7) is 5.38. The van der Waals surface area contributed by atoms with Crippen LogP contribution in [-0.4, -0.2) is 44.6 Å². The number of benzene rings is 2. The van der Waals surface area contributed by atoms with E-state index in [1.165, 1.54) is 18.1 Å². The lowest BCUT2D eigenvalue weighted by atomic mass is 9.84. The Balaban J connectivity index is 1.37. The number of para-hydroxylation sites is 1. The summed E-state index contributed by atoms with van der Waals surface area (Å²) in [4.78, 5) is 34.1. The first kappa shape index (κ1) is 22.4. The standard InChI is InChI=1S/C24H28N4O3S/c1-16(2)14-24(31)10-12-28(13-11-24)23(30)17-6-8-18(9-7-17)27-32-20-5-3-4-19-22(20)25-15-21(29)26-19/h3-9,15-16,27,31H,10-14H2,1-2H3,(H,26,29). The van der Waals surface area contributed by atoms with Crippen molar-refractivity contribution in [3.63, 3.8) is 0 Å². The number of aromatic amines is 1. The largest absolute Gasteiger partial charge is 0.390 e. The number of aliphatic hydroxyl groups is 1. The summed E-state index contributed by atoms with van der Waals surface area (Å²) in [5.41, 5.74) is 2.02. The fraction of sp³-hybridized carbons (Fsp3) is 0.375. The summed E-state index contributed by atoms with van der Waals surface area (Å²) in [5.74, 6) is 0.435. The molecule has 0 bridgehead atoms. The Kier molecular flexibility index (Phi) is 6.53. The van der Waals surface area contributed by atoms with Gasteiger partial charge >= 0.3 is 0 Å². The Morgan fingerprint density at radius 3 is 2.62 bits per heavy atom. The highest BCUT2D eigenvalue weighted by molar-refractivity contribution is 8.00. The Morgan fingerprint density at radius 1 is 1.22 bits per heavy atom. The average molecular weight is 453 g/mol. The third-order valence-electron chi connectivity index (χ3n) is 5.75. The maximum atomic E-state index is 12.9. The Bertz CT molecular complexity index is 1150. The Hall–Kier alpha value is -2.84. The van der Waals surface area contributed by atoms with Crippen molar-refractivity contribution in [3.05, 3.63) is 64.6 Å². The molecule has 1 aromatic heterocycles. The number of likely N-dealkylation sites (tertiary alicyclic amines) is 1. The van der Waals surface area contributed by atoms with Crippen LogP contribution in [0.2, 0.25) is 0 Å². The summed E-state index contributed by atoms with van der Waals surface area (Å²) >= 11 is 1.40. The van der Waals surface area contributed by atoms with Gasteiger partial charge in [0, 0.05) is 24.3 Å². The zero-order valence-corrected chi connectivity index (χ0v) is 19.1. The van der Waals surface area contributed by atoms with Crippen LogP contribution in [0.3, 0.4) is 0 Å². The number of amides is 1. The molecule has 7 nitrogen and oxygen atoms in total. The molecule has 1 fully saturated rings. The van der Waals surface area contributed by atoms with Crippen molar-refractivity contribution >= 4 is 34.6 Å². The Labute approximate surface area is 191 Å². The molecule has 4 rings (SSSR count). The van der Waals surface area contributed by atoms with Gasteiger partial charge in [-0.1, -0.05) is 19.9 Å². The lowest BCUT2D eigenvalue weighted by molar-refractivity contribution is -0.0311. The predicted molar refractivity (Wildman–Crippen MR) is 128 cm³/mol. The zero-order valence-electron chi connectivity index (χ0n) is 18.3. The fourth-order valence-electron chi connectivity index (χ4n) is 4.19. The van der Waals surface area contributed by atoms with Gasteiger partial charge in [-0.15, -0.1) is 0 Å². The van der Waals surface area contributed by atoms with Gasteiger partial charge < -0.3 is 19.7 Å². The molecule has 0 atom stereocenters. The first-order chi connectivity index (χ1) is 15.3. The minimum atomic E-state index is -0.653. The summed E-state index contributed by atoms with van der Waals surface area (Å²) in [7, 11) is 0. The molecular formula is C24H28N4O3S. The second kappa shape index (κ2) is 9.34. The number of rotatable bonds is 6. The van der Waals surface area contributed by atoms with E-state index in [4.69, 9.17) is 0 Å². The van der Waals surface area contributed by atoms with Gasteiger partial charge in [-0.3, -0.25) is 9.59 Å². The van der Waals surface area contributed by atoms with E-state index in [1.807, 2.05) is 47.4 Å². The number of nitrogens with zero attached hydrogens (tertiary/aromatic N) is 2. The highest BCUT2D eigenvalue weighted by Gasteiger charge is 2.34. The van der Waals surface area contributed by atoms with E-state index >= 15 is 0 Å². The van der Waals surface area contributed by atoms with Crippen LogP contribution in [0.1, 0.15) is 43.5 Å². The van der Waals surface area contributed by atoms with E-state index in [1.54, 1.807) is 0 Å². The minimum absolute atomic E-state index is 0.00184. The van der Waals surface area contributed by atoms with Gasteiger partial charge in [0.2, 0.25) is 0 Å². The highest BCUT2D eigenvalue weighted by Crippen LogP contribution is 2.30. The number of hydrogen-bond donors (Lipinski definition) is 3. The maximum absolute atomic E-state index is 12.9. The van der Waals surface area contributed by atoms with Crippen molar-refractivity contribution in [1.29, 1.82) is 0 Å². The predicted octanol–water partition coefficient (Wildman–Crippen LogP) is 4.06. The van der Waals surface area contributed by atoms with E-state index in [0.29, 0.717) is 42.9 Å². The van der Waals surface area contributed by atoms with Gasteiger partial charge in [0.15, 0.2) is 0 Å². The zero-order chi connectivity index (χ0) is 22.7. The van der Waals surface area contributed by atoms with E-state index < -0.39 is 5.60 Å². The quantitative estimate of drug-likeness (QED) is 0.488. The Morgan fingerprint density at radius 2 is 1.94 bits per heavy atom. The molecule has 0 aliphatic carbocycles. The minimum Gasteiger partial charge on any atom is -0.390 e. The molecule has 32 heavy (non-hydrogen) atoms. The molecule has 2 heterocycles. The number of anilines is 1. The number of fused-ring (bicyclic) bond motifs is 1. The molecule has 1 saturated heterocycles. The van der Waals surface area contributed by atoms with E-state index in [9.17, 15) is 14.7 Å². The summed E-state index contributed by atoms with van der Waals surface area (Å²) in [6.07, 6.45) is 3.29. The van der Waals surface area contributed by atoms with Crippen LogP contribution < -0.4 is 10.3 Å². The number of aromatic nitrogens is 2.